The molecule has 8 nitrogen and oxygen atoms in total. The Bertz CT molecular complexity index is 296. The summed E-state index contributed by atoms with van der Waals surface area (Å²) < 4.78 is 0. The van der Waals surface area contributed by atoms with Gasteiger partial charge in [0, 0.05) is 0 Å². The molecule has 2 amide bonds. The van der Waals surface area contributed by atoms with Crippen molar-refractivity contribution >= 4 is 17.8 Å². The molecule has 0 aliphatic heterocycles. The van der Waals surface area contributed by atoms with E-state index in [4.69, 9.17) is 16.6 Å². The average Bonchev–Trinajstić information content (AvgIpc) is 2.34. The molecular weight excluding hydrogens is 240 g/mol. The lowest BCUT2D eigenvalue weighted by Gasteiger charge is -2.14. The highest BCUT2D eigenvalue weighted by Crippen LogP contribution is 2.00. The highest BCUT2D eigenvalue weighted by molar-refractivity contribution is 5.88. The number of hydrogen-bond donors (Lipinski definition) is 5. The van der Waals surface area contributed by atoms with E-state index in [0.29, 0.717) is 25.8 Å². The molecule has 0 fully saturated rings. The smallest absolute Gasteiger partial charge is 0.326 e. The summed E-state index contributed by atoms with van der Waals surface area (Å²) in [5.41, 5.74) is 10.3. The highest BCUT2D eigenvalue weighted by Gasteiger charge is 2.19. The van der Waals surface area contributed by atoms with Gasteiger partial charge in [-0.1, -0.05) is 0 Å². The second kappa shape index (κ2) is 9.37. The Labute approximate surface area is 105 Å². The van der Waals surface area contributed by atoms with E-state index in [0.717, 1.165) is 0 Å². The van der Waals surface area contributed by atoms with Crippen LogP contribution in [-0.4, -0.2) is 48.6 Å². The van der Waals surface area contributed by atoms with Gasteiger partial charge in [0.15, 0.2) is 0 Å². The van der Waals surface area contributed by atoms with Crippen molar-refractivity contribution in [1.29, 1.82) is 0 Å². The number of carboxylic acids is 1. The highest BCUT2D eigenvalue weighted by atomic mass is 16.4. The summed E-state index contributed by atoms with van der Waals surface area (Å²) >= 11 is 0. The van der Waals surface area contributed by atoms with Crippen molar-refractivity contribution in [2.75, 3.05) is 19.6 Å². The van der Waals surface area contributed by atoms with Crippen LogP contribution in [0.3, 0.4) is 0 Å². The van der Waals surface area contributed by atoms with Crippen LogP contribution in [0.2, 0.25) is 0 Å². The summed E-state index contributed by atoms with van der Waals surface area (Å²) in [4.78, 5) is 33.0. The van der Waals surface area contributed by atoms with E-state index < -0.39 is 23.8 Å². The lowest BCUT2D eigenvalue weighted by molar-refractivity contribution is -0.141. The molecule has 104 valence electrons. The van der Waals surface area contributed by atoms with E-state index in [1.165, 1.54) is 0 Å². The van der Waals surface area contributed by atoms with Gasteiger partial charge in [0.1, 0.15) is 6.04 Å². The minimum Gasteiger partial charge on any atom is -0.480 e. The zero-order chi connectivity index (χ0) is 14.0. The molecule has 0 rings (SSSR count). The number of aliphatic carboxylic acids is 1. The second-order valence-corrected chi connectivity index (χ2v) is 3.72. The first-order chi connectivity index (χ1) is 8.51. The van der Waals surface area contributed by atoms with Gasteiger partial charge in [-0.25, -0.2) is 4.79 Å². The van der Waals surface area contributed by atoms with Crippen LogP contribution < -0.4 is 22.1 Å². The predicted octanol–water partition coefficient (Wildman–Crippen LogP) is -2.24. The number of nitrogens with two attached hydrogens (primary N) is 2. The Hall–Kier alpha value is -1.67. The van der Waals surface area contributed by atoms with Gasteiger partial charge in [-0.3, -0.25) is 9.59 Å². The Kier molecular flexibility index (Phi) is 8.50. The molecule has 0 saturated carbocycles. The maximum atomic E-state index is 11.4. The number of unbranched alkanes of at least 4 members (excludes halogenated alkanes) is 1. The maximum absolute atomic E-state index is 11.4. The number of rotatable bonds is 9. The van der Waals surface area contributed by atoms with Crippen LogP contribution in [0.25, 0.3) is 0 Å². The first-order valence-electron chi connectivity index (χ1n) is 5.70. The predicted molar refractivity (Wildman–Crippen MR) is 64.5 cm³/mol. The van der Waals surface area contributed by atoms with Crippen LogP contribution in [0.5, 0.6) is 0 Å². The van der Waals surface area contributed by atoms with Crippen molar-refractivity contribution in [3.05, 3.63) is 0 Å². The molecule has 0 aliphatic rings. The minimum absolute atomic E-state index is 0.216. The Balaban J connectivity index is 4.03. The molecule has 0 radical (unpaired) electrons. The Morgan fingerprint density at radius 1 is 1.11 bits per heavy atom. The minimum atomic E-state index is -1.11. The van der Waals surface area contributed by atoms with Gasteiger partial charge in [0.05, 0.1) is 13.1 Å². The number of carboxylic acid groups (broad SMARTS) is 1. The van der Waals surface area contributed by atoms with Crippen LogP contribution in [0.4, 0.5) is 0 Å². The number of hydrogen-bond acceptors (Lipinski definition) is 5. The molecule has 0 bridgehead atoms. The standard InChI is InChI=1S/C10H20N4O4/c11-4-2-1-3-7(10(17)18)14-9(16)6-13-8(15)5-12/h7H,1-6,11-12H2,(H,13,15)(H,14,16)(H,17,18)/t7-/m0/s1. The number of nitrogens with one attached hydrogen (secondary N) is 2. The molecule has 0 heterocycles. The molecule has 0 aliphatic carbocycles. The van der Waals surface area contributed by atoms with Crippen molar-refractivity contribution in [2.45, 2.75) is 25.3 Å². The second-order valence-electron chi connectivity index (χ2n) is 3.72. The lowest BCUT2D eigenvalue weighted by atomic mass is 10.1. The molecule has 1 atom stereocenters. The topological polar surface area (TPSA) is 148 Å². The van der Waals surface area contributed by atoms with Crippen LogP contribution in [0.15, 0.2) is 0 Å². The SMILES string of the molecule is NCCCC[C@H](NC(=O)CNC(=O)CN)C(=O)O. The first kappa shape index (κ1) is 16.3. The van der Waals surface area contributed by atoms with Crippen LogP contribution in [0, 0.1) is 0 Å². The molecule has 7 N–H and O–H groups in total. The molecular formula is C10H20N4O4. The average molecular weight is 260 g/mol. The molecule has 0 aromatic rings. The lowest BCUT2D eigenvalue weighted by Crippen LogP contribution is -2.46. The summed E-state index contributed by atoms with van der Waals surface area (Å²) in [7, 11) is 0. The van der Waals surface area contributed by atoms with Gasteiger partial charge in [-0.2, -0.15) is 0 Å². The number of carbonyl (C=O) groups excluding carboxylic acids is 2. The quantitative estimate of drug-likeness (QED) is 0.296. The van der Waals surface area contributed by atoms with E-state index in [1.54, 1.807) is 0 Å². The van der Waals surface area contributed by atoms with E-state index in [2.05, 4.69) is 10.6 Å². The van der Waals surface area contributed by atoms with Gasteiger partial charge in [-0.15, -0.1) is 0 Å². The van der Waals surface area contributed by atoms with Crippen LogP contribution in [-0.2, 0) is 14.4 Å². The fraction of sp³-hybridized carbons (Fsp3) is 0.700. The van der Waals surface area contributed by atoms with Gasteiger partial charge < -0.3 is 27.2 Å². The van der Waals surface area contributed by atoms with Crippen molar-refractivity contribution in [3.8, 4) is 0 Å². The summed E-state index contributed by atoms with van der Waals surface area (Å²) in [6.45, 7) is -0.0182. The molecule has 0 aromatic heterocycles. The third-order valence-electron chi connectivity index (χ3n) is 2.21. The largest absolute Gasteiger partial charge is 0.480 e. The molecule has 0 unspecified atom stereocenters. The Morgan fingerprint density at radius 2 is 1.78 bits per heavy atom. The van der Waals surface area contributed by atoms with E-state index >= 15 is 0 Å². The fourth-order valence-electron chi connectivity index (χ4n) is 1.25. The summed E-state index contributed by atoms with van der Waals surface area (Å²) in [6.07, 6.45) is 1.62. The Morgan fingerprint density at radius 3 is 2.28 bits per heavy atom. The van der Waals surface area contributed by atoms with Crippen LogP contribution >= 0.6 is 0 Å². The zero-order valence-corrected chi connectivity index (χ0v) is 10.1. The third kappa shape index (κ3) is 7.58. The summed E-state index contributed by atoms with van der Waals surface area (Å²) in [5.74, 6) is -2.14. The van der Waals surface area contributed by atoms with Crippen molar-refractivity contribution in [1.82, 2.24) is 10.6 Å². The van der Waals surface area contributed by atoms with Gasteiger partial charge in [0.2, 0.25) is 11.8 Å². The van der Waals surface area contributed by atoms with Crippen molar-refractivity contribution in [3.63, 3.8) is 0 Å². The van der Waals surface area contributed by atoms with E-state index in [9.17, 15) is 14.4 Å². The maximum Gasteiger partial charge on any atom is 0.326 e. The molecule has 8 heteroatoms. The summed E-state index contributed by atoms with van der Waals surface area (Å²) in [5, 5.41) is 13.5. The van der Waals surface area contributed by atoms with E-state index in [-0.39, 0.29) is 13.1 Å². The molecule has 0 saturated heterocycles. The first-order valence-corrected chi connectivity index (χ1v) is 5.70. The van der Waals surface area contributed by atoms with Gasteiger partial charge >= 0.3 is 5.97 Å². The summed E-state index contributed by atoms with van der Waals surface area (Å²) in [6, 6.07) is -0.959. The number of carbonyl (C=O) groups is 3. The monoisotopic (exact) mass is 260 g/mol. The third-order valence-corrected chi connectivity index (χ3v) is 2.21. The molecule has 0 aromatic carbocycles. The van der Waals surface area contributed by atoms with E-state index in [1.807, 2.05) is 0 Å². The van der Waals surface area contributed by atoms with Crippen molar-refractivity contribution < 1.29 is 19.5 Å². The zero-order valence-electron chi connectivity index (χ0n) is 10.1. The molecule has 0 spiro atoms. The van der Waals surface area contributed by atoms with Crippen LogP contribution in [0.1, 0.15) is 19.3 Å². The van der Waals surface area contributed by atoms with Gasteiger partial charge in [-0.05, 0) is 25.8 Å². The normalized spacial score (nSPS) is 11.7. The fourth-order valence-corrected chi connectivity index (χ4v) is 1.25. The number of amides is 2. The van der Waals surface area contributed by atoms with Gasteiger partial charge in [0.25, 0.3) is 0 Å². The molecule has 18 heavy (non-hydrogen) atoms. The van der Waals surface area contributed by atoms with Crippen molar-refractivity contribution in [2.24, 2.45) is 11.5 Å².